The second-order valence-corrected chi connectivity index (χ2v) is 15.8. The molecule has 1 saturated heterocycles. The number of benzene rings is 3. The van der Waals surface area contributed by atoms with Crippen LogP contribution in [0.2, 0.25) is 5.02 Å². The van der Waals surface area contributed by atoms with Crippen molar-refractivity contribution in [1.29, 1.82) is 0 Å². The number of fused-ring (bicyclic) bond motifs is 9. The number of thiazole rings is 1. The summed E-state index contributed by atoms with van der Waals surface area (Å²) in [5, 5.41) is 4.05. The number of hydrogen-bond acceptors (Lipinski definition) is 9. The third-order valence-corrected chi connectivity index (χ3v) is 13.2. The number of carbonyl (C=O) groups excluding carboxylic acids is 4. The molecule has 0 radical (unpaired) electrons. The van der Waals surface area contributed by atoms with Gasteiger partial charge in [-0.05, 0) is 98.2 Å². The lowest BCUT2D eigenvalue weighted by atomic mass is 9.68. The molecular formula is C37H32ClN3O7S2. The van der Waals surface area contributed by atoms with Crippen molar-refractivity contribution in [3.8, 4) is 5.75 Å². The Balaban J connectivity index is 1.11. The maximum absolute atomic E-state index is 14.2. The summed E-state index contributed by atoms with van der Waals surface area (Å²) in [6.45, 7) is 3.66. The number of aromatic nitrogens is 1. The van der Waals surface area contributed by atoms with Gasteiger partial charge in [0.05, 0.1) is 34.7 Å². The number of amides is 3. The van der Waals surface area contributed by atoms with E-state index in [4.69, 9.17) is 21.1 Å². The number of nitrogens with zero attached hydrogens (tertiary/aromatic N) is 1. The van der Waals surface area contributed by atoms with Gasteiger partial charge in [-0.3, -0.25) is 24.1 Å². The summed E-state index contributed by atoms with van der Waals surface area (Å²) in [4.78, 5) is 71.2. The Bertz CT molecular complexity index is 2110. The molecule has 2 N–H and O–H groups in total. The maximum atomic E-state index is 14.2. The molecule has 3 heterocycles. The van der Waals surface area contributed by atoms with Gasteiger partial charge in [0.15, 0.2) is 6.61 Å². The fraction of sp³-hybridized carbons (Fsp3) is 0.324. The Morgan fingerprint density at radius 1 is 1.00 bits per heavy atom. The predicted octanol–water partition coefficient (Wildman–Crippen LogP) is 6.27. The highest BCUT2D eigenvalue weighted by Crippen LogP contribution is 2.69. The quantitative estimate of drug-likeness (QED) is 0.160. The van der Waals surface area contributed by atoms with E-state index in [0.29, 0.717) is 34.1 Å². The van der Waals surface area contributed by atoms with E-state index in [-0.39, 0.29) is 64.7 Å². The van der Waals surface area contributed by atoms with Gasteiger partial charge >= 0.3 is 10.8 Å². The molecule has 4 aromatic rings. The zero-order valence-electron chi connectivity index (χ0n) is 27.0. The molecule has 0 spiro atoms. The molecule has 3 fully saturated rings. The molecule has 10 nitrogen and oxygen atoms in total. The Kier molecular flexibility index (Phi) is 8.35. The zero-order chi connectivity index (χ0) is 34.8. The van der Waals surface area contributed by atoms with Gasteiger partial charge in [-0.1, -0.05) is 35.1 Å². The molecule has 1 aromatic heterocycles. The molecule has 8 rings (SSSR count). The molecule has 3 aromatic carbocycles. The molecule has 2 bridgehead atoms. The van der Waals surface area contributed by atoms with Crippen LogP contribution in [0.3, 0.4) is 0 Å². The van der Waals surface area contributed by atoms with Crippen LogP contribution in [0.15, 0.2) is 76.6 Å². The molecule has 3 amide bonds. The first kappa shape index (κ1) is 32.8. The summed E-state index contributed by atoms with van der Waals surface area (Å²) in [7, 11) is 0. The third kappa shape index (κ3) is 5.44. The van der Waals surface area contributed by atoms with E-state index in [1.165, 1.54) is 4.90 Å². The number of aryl methyl sites for hydroxylation is 1. The number of imide groups is 1. The van der Waals surface area contributed by atoms with E-state index in [0.717, 1.165) is 32.4 Å². The van der Waals surface area contributed by atoms with Crippen molar-refractivity contribution in [1.82, 2.24) is 4.98 Å². The number of nitrogens with one attached hydrogen (secondary N) is 2. The van der Waals surface area contributed by atoms with E-state index < -0.39 is 17.8 Å². The average Bonchev–Trinajstić information content (AvgIpc) is 3.83. The highest BCUT2D eigenvalue weighted by molar-refractivity contribution is 8.00. The lowest BCUT2D eigenvalue weighted by Gasteiger charge is -2.43. The summed E-state index contributed by atoms with van der Waals surface area (Å²) in [6, 6.07) is 19.1. The summed E-state index contributed by atoms with van der Waals surface area (Å²) in [5.74, 6) is -2.52. The summed E-state index contributed by atoms with van der Waals surface area (Å²) >= 11 is 9.32. The second-order valence-electron chi connectivity index (χ2n) is 13.1. The maximum Gasteiger partial charge on any atom is 0.338 e. The molecule has 13 heteroatoms. The van der Waals surface area contributed by atoms with E-state index in [9.17, 15) is 24.0 Å². The monoisotopic (exact) mass is 729 g/mol. The van der Waals surface area contributed by atoms with Gasteiger partial charge < -0.3 is 19.8 Å². The topological polar surface area (TPSA) is 135 Å². The molecule has 2 aliphatic heterocycles. The number of ether oxygens (including phenoxy) is 2. The SMILES string of the molecule is CCOC(=O)c1ccc(N2C(=O)C3C(C2=O)[C@@H]2C[C@H]3C3Sc4[nH]c(=O)sc4[C@H](c4cc(Cl)ccc4OCC(=O)Nc4cccc(C)c4)C32)cc1. The van der Waals surface area contributed by atoms with Crippen LogP contribution in [0.5, 0.6) is 5.75 Å². The Morgan fingerprint density at radius 2 is 1.76 bits per heavy atom. The first-order chi connectivity index (χ1) is 24.1. The van der Waals surface area contributed by atoms with E-state index in [1.54, 1.807) is 55.1 Å². The number of thioether (sulfide) groups is 1. The highest BCUT2D eigenvalue weighted by Gasteiger charge is 2.70. The van der Waals surface area contributed by atoms with E-state index >= 15 is 0 Å². The Morgan fingerprint density at radius 3 is 2.50 bits per heavy atom. The smallest absolute Gasteiger partial charge is 0.338 e. The van der Waals surface area contributed by atoms with Crippen LogP contribution in [-0.2, 0) is 19.1 Å². The minimum absolute atomic E-state index is 0.0525. The average molecular weight is 730 g/mol. The standard InChI is InChI=1S/C37H32ClN3O7S2/c1-3-47-36(45)18-7-10-21(11-8-18)41-34(43)29-23-15-24(30(29)35(41)44)31-28(23)27(32-33(49-31)40-37(46)50-32)22-14-19(38)9-12-25(22)48-16-26(42)39-20-6-4-5-17(2)13-20/h4-14,23-24,27-31H,3,15-16H2,1-2H3,(H,39,42)(H,40,46)/t23-,24-,27-,28?,29?,30?,31?/m1/s1. The molecule has 50 heavy (non-hydrogen) atoms. The van der Waals surface area contributed by atoms with E-state index in [2.05, 4.69) is 10.3 Å². The van der Waals surface area contributed by atoms with Crippen molar-refractivity contribution in [2.24, 2.45) is 29.6 Å². The van der Waals surface area contributed by atoms with Crippen LogP contribution in [0.4, 0.5) is 11.4 Å². The van der Waals surface area contributed by atoms with Gasteiger partial charge in [-0.15, -0.1) is 11.8 Å². The number of esters is 1. The molecule has 2 saturated carbocycles. The number of hydrogen-bond donors (Lipinski definition) is 2. The van der Waals surface area contributed by atoms with Gasteiger partial charge in [-0.25, -0.2) is 4.79 Å². The van der Waals surface area contributed by atoms with Gasteiger partial charge in [0.2, 0.25) is 11.8 Å². The highest BCUT2D eigenvalue weighted by atomic mass is 35.5. The Labute approximate surface area is 300 Å². The van der Waals surface area contributed by atoms with Gasteiger partial charge in [0, 0.05) is 32.3 Å². The van der Waals surface area contributed by atoms with Crippen LogP contribution in [-0.4, -0.2) is 47.1 Å². The van der Waals surface area contributed by atoms with Crippen LogP contribution >= 0.6 is 34.7 Å². The molecular weight excluding hydrogens is 698 g/mol. The van der Waals surface area contributed by atoms with Gasteiger partial charge in [-0.2, -0.15) is 0 Å². The molecule has 4 aliphatic rings. The van der Waals surface area contributed by atoms with Crippen molar-refractivity contribution in [2.75, 3.05) is 23.4 Å². The molecule has 2 aliphatic carbocycles. The molecule has 4 unspecified atom stereocenters. The number of halogens is 1. The lowest BCUT2D eigenvalue weighted by Crippen LogP contribution is -2.42. The normalized spacial score (nSPS) is 26.0. The number of carbonyl (C=O) groups is 4. The zero-order valence-corrected chi connectivity index (χ0v) is 29.4. The summed E-state index contributed by atoms with van der Waals surface area (Å²) < 4.78 is 11.3. The van der Waals surface area contributed by atoms with Crippen molar-refractivity contribution in [3.05, 3.63) is 103 Å². The Hall–Kier alpha value is -4.39. The van der Waals surface area contributed by atoms with Crippen molar-refractivity contribution in [2.45, 2.75) is 36.5 Å². The minimum Gasteiger partial charge on any atom is -0.483 e. The number of anilines is 2. The van der Waals surface area contributed by atoms with Crippen molar-refractivity contribution >= 4 is 69.8 Å². The fourth-order valence-electron chi connectivity index (χ4n) is 8.54. The van der Waals surface area contributed by atoms with Crippen LogP contribution < -0.4 is 19.8 Å². The van der Waals surface area contributed by atoms with Crippen molar-refractivity contribution in [3.63, 3.8) is 0 Å². The van der Waals surface area contributed by atoms with Crippen LogP contribution in [0.25, 0.3) is 0 Å². The second kappa shape index (κ2) is 12.7. The molecule has 256 valence electrons. The fourth-order valence-corrected chi connectivity index (χ4v) is 11.6. The largest absolute Gasteiger partial charge is 0.483 e. The predicted molar refractivity (Wildman–Crippen MR) is 190 cm³/mol. The first-order valence-corrected chi connectivity index (χ1v) is 18.5. The number of H-pyrrole nitrogens is 1. The number of aromatic amines is 1. The molecule has 7 atom stereocenters. The third-order valence-electron chi connectivity index (χ3n) is 10.3. The van der Waals surface area contributed by atoms with Gasteiger partial charge in [0.1, 0.15) is 5.75 Å². The van der Waals surface area contributed by atoms with Crippen LogP contribution in [0.1, 0.15) is 45.6 Å². The summed E-state index contributed by atoms with van der Waals surface area (Å²) in [5.41, 5.74) is 3.18. The van der Waals surface area contributed by atoms with Crippen LogP contribution in [0, 0.1) is 36.5 Å². The lowest BCUT2D eigenvalue weighted by molar-refractivity contribution is -0.123. The number of rotatable bonds is 8. The summed E-state index contributed by atoms with van der Waals surface area (Å²) in [6.07, 6.45) is 0.704. The van der Waals surface area contributed by atoms with Crippen molar-refractivity contribution < 1.29 is 28.7 Å². The first-order valence-electron chi connectivity index (χ1n) is 16.5. The minimum atomic E-state index is -0.526. The van der Waals surface area contributed by atoms with E-state index in [1.807, 2.05) is 37.3 Å². The van der Waals surface area contributed by atoms with Gasteiger partial charge in [0.25, 0.3) is 5.91 Å².